The third kappa shape index (κ3) is 2.94. The first-order chi connectivity index (χ1) is 9.52. The Labute approximate surface area is 117 Å². The Morgan fingerprint density at radius 3 is 2.95 bits per heavy atom. The maximum atomic E-state index is 12.6. The molecule has 108 valence electrons. The van der Waals surface area contributed by atoms with Crippen LogP contribution in [0.25, 0.3) is 10.2 Å². The Morgan fingerprint density at radius 1 is 1.40 bits per heavy atom. The molecular weight excluding hydrogens is 289 g/mol. The van der Waals surface area contributed by atoms with E-state index in [4.69, 9.17) is 4.74 Å². The molecule has 2 aromatic rings. The number of rotatable bonds is 2. The van der Waals surface area contributed by atoms with Gasteiger partial charge < -0.3 is 10.1 Å². The van der Waals surface area contributed by atoms with E-state index in [1.54, 1.807) is 0 Å². The average Bonchev–Trinajstić information content (AvgIpc) is 2.80. The zero-order chi connectivity index (χ0) is 14.2. The van der Waals surface area contributed by atoms with Crippen LogP contribution in [0.5, 0.6) is 0 Å². The molecule has 0 spiro atoms. The van der Waals surface area contributed by atoms with Crippen molar-refractivity contribution in [3.63, 3.8) is 0 Å². The minimum atomic E-state index is -4.32. The molecule has 0 bridgehead atoms. The van der Waals surface area contributed by atoms with Crippen LogP contribution < -0.4 is 5.32 Å². The Bertz CT molecular complexity index is 605. The molecule has 0 aliphatic carbocycles. The molecule has 1 aliphatic heterocycles. The van der Waals surface area contributed by atoms with Crippen molar-refractivity contribution in [1.82, 2.24) is 10.3 Å². The first kappa shape index (κ1) is 13.8. The smallest absolute Gasteiger partial charge is 0.379 e. The summed E-state index contributed by atoms with van der Waals surface area (Å²) in [5.74, 6) is 0. The fraction of sp³-hybridized carbons (Fsp3) is 0.462. The van der Waals surface area contributed by atoms with Crippen molar-refractivity contribution in [2.45, 2.75) is 18.6 Å². The minimum Gasteiger partial charge on any atom is -0.379 e. The van der Waals surface area contributed by atoms with Gasteiger partial charge in [0.1, 0.15) is 0 Å². The normalized spacial score (nSPS) is 20.4. The number of nitrogens with one attached hydrogen (secondary N) is 1. The third-order valence-corrected chi connectivity index (χ3v) is 4.24. The van der Waals surface area contributed by atoms with Crippen LogP contribution in [0.2, 0.25) is 0 Å². The van der Waals surface area contributed by atoms with E-state index in [2.05, 4.69) is 10.3 Å². The van der Waals surface area contributed by atoms with Crippen molar-refractivity contribution in [3.8, 4) is 0 Å². The maximum absolute atomic E-state index is 12.6. The summed E-state index contributed by atoms with van der Waals surface area (Å²) in [6.07, 6.45) is -3.64. The molecule has 3 nitrogen and oxygen atoms in total. The van der Waals surface area contributed by atoms with Gasteiger partial charge in [0.2, 0.25) is 0 Å². The lowest BCUT2D eigenvalue weighted by molar-refractivity contribution is -0.137. The lowest BCUT2D eigenvalue weighted by atomic mass is 10.2. The number of morpholine rings is 1. The van der Waals surface area contributed by atoms with Crippen LogP contribution in [-0.2, 0) is 17.3 Å². The number of ether oxygens (including phenoxy) is 1. The predicted molar refractivity (Wildman–Crippen MR) is 70.9 cm³/mol. The molecule has 2 heterocycles. The van der Waals surface area contributed by atoms with Gasteiger partial charge in [0.15, 0.2) is 0 Å². The number of alkyl halides is 3. The molecule has 0 amide bonds. The molecule has 7 heteroatoms. The highest BCUT2D eigenvalue weighted by Crippen LogP contribution is 2.33. The lowest BCUT2D eigenvalue weighted by Crippen LogP contribution is -2.42. The van der Waals surface area contributed by atoms with Crippen molar-refractivity contribution >= 4 is 21.6 Å². The number of hydrogen-bond donors (Lipinski definition) is 1. The zero-order valence-electron chi connectivity index (χ0n) is 10.5. The molecule has 1 saturated heterocycles. The molecule has 1 aromatic heterocycles. The first-order valence-corrected chi connectivity index (χ1v) is 7.12. The van der Waals surface area contributed by atoms with Crippen LogP contribution in [-0.4, -0.2) is 30.8 Å². The molecule has 1 aromatic carbocycles. The van der Waals surface area contributed by atoms with Crippen molar-refractivity contribution < 1.29 is 17.9 Å². The molecular formula is C13H13F3N2OS. The highest BCUT2D eigenvalue weighted by Gasteiger charge is 2.30. The van der Waals surface area contributed by atoms with Crippen LogP contribution in [0.1, 0.15) is 10.6 Å². The third-order valence-electron chi connectivity index (χ3n) is 3.18. The number of thiazole rings is 1. The van der Waals surface area contributed by atoms with E-state index < -0.39 is 11.7 Å². The Hall–Kier alpha value is -1.18. The summed E-state index contributed by atoms with van der Waals surface area (Å²) >= 11 is 1.44. The summed E-state index contributed by atoms with van der Waals surface area (Å²) in [6, 6.07) is 3.89. The van der Waals surface area contributed by atoms with E-state index >= 15 is 0 Å². The quantitative estimate of drug-likeness (QED) is 0.926. The number of hydrogen-bond acceptors (Lipinski definition) is 4. The largest absolute Gasteiger partial charge is 0.416 e. The van der Waals surface area contributed by atoms with Gasteiger partial charge in [-0.3, -0.25) is 0 Å². The van der Waals surface area contributed by atoms with Crippen LogP contribution in [0, 0.1) is 0 Å². The van der Waals surface area contributed by atoms with Gasteiger partial charge in [-0.15, -0.1) is 11.3 Å². The number of benzene rings is 1. The standard InChI is InChI=1S/C13H13F3N2OS/c14-13(15,16)8-1-2-11-10(5-8)18-12(20-11)6-9-7-19-4-3-17-9/h1-2,5,9,17H,3-4,6-7H2. The van der Waals surface area contributed by atoms with Crippen molar-refractivity contribution in [3.05, 3.63) is 28.8 Å². The van der Waals surface area contributed by atoms with Crippen LogP contribution >= 0.6 is 11.3 Å². The second-order valence-corrected chi connectivity index (χ2v) is 5.83. The van der Waals surface area contributed by atoms with Gasteiger partial charge in [-0.1, -0.05) is 0 Å². The van der Waals surface area contributed by atoms with Gasteiger partial charge >= 0.3 is 6.18 Å². The molecule has 0 radical (unpaired) electrons. The second-order valence-electron chi connectivity index (χ2n) is 4.72. The molecule has 3 rings (SSSR count). The van der Waals surface area contributed by atoms with E-state index in [1.165, 1.54) is 17.4 Å². The van der Waals surface area contributed by atoms with Gasteiger partial charge in [0, 0.05) is 19.0 Å². The van der Waals surface area contributed by atoms with Crippen molar-refractivity contribution in [2.75, 3.05) is 19.8 Å². The highest BCUT2D eigenvalue weighted by atomic mass is 32.1. The second kappa shape index (κ2) is 5.31. The SMILES string of the molecule is FC(F)(F)c1ccc2sc(CC3COCCN3)nc2c1. The van der Waals surface area contributed by atoms with E-state index in [0.717, 1.165) is 28.4 Å². The molecule has 1 atom stereocenters. The number of aromatic nitrogens is 1. The highest BCUT2D eigenvalue weighted by molar-refractivity contribution is 7.18. The van der Waals surface area contributed by atoms with Gasteiger partial charge in [0.25, 0.3) is 0 Å². The zero-order valence-corrected chi connectivity index (χ0v) is 11.4. The summed E-state index contributed by atoms with van der Waals surface area (Å²) in [4.78, 5) is 4.30. The van der Waals surface area contributed by atoms with E-state index in [1.807, 2.05) is 0 Å². The monoisotopic (exact) mass is 302 g/mol. The van der Waals surface area contributed by atoms with E-state index in [9.17, 15) is 13.2 Å². The molecule has 1 unspecified atom stereocenters. The van der Waals surface area contributed by atoms with Crippen molar-refractivity contribution in [1.29, 1.82) is 0 Å². The maximum Gasteiger partial charge on any atom is 0.416 e. The number of fused-ring (bicyclic) bond motifs is 1. The van der Waals surface area contributed by atoms with Gasteiger partial charge in [-0.05, 0) is 18.2 Å². The van der Waals surface area contributed by atoms with Crippen molar-refractivity contribution in [2.24, 2.45) is 0 Å². The van der Waals surface area contributed by atoms with Gasteiger partial charge in [-0.25, -0.2) is 4.98 Å². The Kier molecular flexibility index (Phi) is 3.66. The molecule has 1 aliphatic rings. The van der Waals surface area contributed by atoms with Crippen LogP contribution in [0.4, 0.5) is 13.2 Å². The average molecular weight is 302 g/mol. The summed E-state index contributed by atoms with van der Waals surface area (Å²) in [5, 5.41) is 4.14. The lowest BCUT2D eigenvalue weighted by Gasteiger charge is -2.22. The summed E-state index contributed by atoms with van der Waals surface area (Å²) in [7, 11) is 0. The summed E-state index contributed by atoms with van der Waals surface area (Å²) in [5.41, 5.74) is -0.238. The van der Waals surface area contributed by atoms with E-state index in [-0.39, 0.29) is 6.04 Å². The fourth-order valence-electron chi connectivity index (χ4n) is 2.20. The van der Waals surface area contributed by atoms with Gasteiger partial charge in [0.05, 0.1) is 34.0 Å². The number of halogens is 3. The minimum absolute atomic E-state index is 0.186. The predicted octanol–water partition coefficient (Wildman–Crippen LogP) is 2.85. The Morgan fingerprint density at radius 2 is 2.25 bits per heavy atom. The van der Waals surface area contributed by atoms with Gasteiger partial charge in [-0.2, -0.15) is 13.2 Å². The van der Waals surface area contributed by atoms with Crippen LogP contribution in [0.15, 0.2) is 18.2 Å². The van der Waals surface area contributed by atoms with E-state index in [0.29, 0.717) is 25.2 Å². The molecule has 1 fully saturated rings. The molecule has 1 N–H and O–H groups in total. The molecule has 20 heavy (non-hydrogen) atoms. The molecule has 0 saturated carbocycles. The fourth-order valence-corrected chi connectivity index (χ4v) is 3.23. The first-order valence-electron chi connectivity index (χ1n) is 6.30. The Balaban J connectivity index is 1.83. The topological polar surface area (TPSA) is 34.1 Å². The summed E-state index contributed by atoms with van der Waals surface area (Å²) < 4.78 is 44.1. The summed E-state index contributed by atoms with van der Waals surface area (Å²) in [6.45, 7) is 2.11. The number of nitrogens with zero attached hydrogens (tertiary/aromatic N) is 1. The van der Waals surface area contributed by atoms with Crippen LogP contribution in [0.3, 0.4) is 0 Å².